The summed E-state index contributed by atoms with van der Waals surface area (Å²) in [6.07, 6.45) is 1.91. The average molecular weight is 246 g/mol. The van der Waals surface area contributed by atoms with E-state index in [4.69, 9.17) is 4.74 Å². The quantitative estimate of drug-likeness (QED) is 0.444. The minimum Gasteiger partial charge on any atom is -0.485 e. The van der Waals surface area contributed by atoms with Crippen molar-refractivity contribution < 1.29 is 4.74 Å². The molecular weight excluding hydrogens is 236 g/mol. The molecule has 3 nitrogen and oxygen atoms in total. The maximum absolute atomic E-state index is 5.83. The van der Waals surface area contributed by atoms with Crippen molar-refractivity contribution >= 4 is 27.3 Å². The lowest BCUT2D eigenvalue weighted by molar-refractivity contribution is 0.295. The predicted molar refractivity (Wildman–Crippen MR) is 74.5 cm³/mol. The molecule has 3 heteroatoms. The minimum atomic E-state index is 0.589. The van der Waals surface area contributed by atoms with Gasteiger partial charge in [0, 0.05) is 10.8 Å². The summed E-state index contributed by atoms with van der Waals surface area (Å²) in [5.41, 5.74) is 3.27. The molecule has 2 aromatic heterocycles. The fourth-order valence-corrected chi connectivity index (χ4v) is 3.08. The Morgan fingerprint density at radius 3 is 2.74 bits per heavy atom. The summed E-state index contributed by atoms with van der Waals surface area (Å²) >= 11 is 0. The summed E-state index contributed by atoms with van der Waals surface area (Å²) in [6, 6.07) is 14.7. The summed E-state index contributed by atoms with van der Waals surface area (Å²) in [7, 11) is 0. The zero-order valence-corrected chi connectivity index (χ0v) is 10.1. The van der Waals surface area contributed by atoms with Crippen molar-refractivity contribution in [1.29, 1.82) is 0 Å². The highest BCUT2D eigenvalue weighted by molar-refractivity contribution is 6.13. The molecule has 0 radical (unpaired) electrons. The predicted octanol–water partition coefficient (Wildman–Crippen LogP) is 3.53. The van der Waals surface area contributed by atoms with Gasteiger partial charge in [0.25, 0.3) is 0 Å². The third-order valence-electron chi connectivity index (χ3n) is 3.89. The lowest BCUT2D eigenvalue weighted by Gasteiger charge is -2.18. The Balaban J connectivity index is 2.27. The zero-order valence-electron chi connectivity index (χ0n) is 10.1. The van der Waals surface area contributed by atoms with Gasteiger partial charge < -0.3 is 4.74 Å². The first-order valence-electron chi connectivity index (χ1n) is 6.36. The Bertz CT molecular complexity index is 969. The number of fused-ring (bicyclic) bond motifs is 3. The molecule has 0 spiro atoms. The summed E-state index contributed by atoms with van der Waals surface area (Å²) in [4.78, 5) is 4.58. The summed E-state index contributed by atoms with van der Waals surface area (Å²) in [6.45, 7) is 0.589. The van der Waals surface area contributed by atoms with Gasteiger partial charge in [-0.25, -0.2) is 4.98 Å². The average Bonchev–Trinajstić information content (AvgIpc) is 2.91. The van der Waals surface area contributed by atoms with E-state index in [1.165, 1.54) is 16.2 Å². The topological polar surface area (TPSA) is 26.5 Å². The van der Waals surface area contributed by atoms with E-state index in [1.54, 1.807) is 0 Å². The number of hydrogen-bond donors (Lipinski definition) is 0. The smallest absolute Gasteiger partial charge is 0.145 e. The summed E-state index contributed by atoms with van der Waals surface area (Å²) in [5, 5.41) is 3.65. The van der Waals surface area contributed by atoms with E-state index < -0.39 is 0 Å². The molecule has 0 atom stereocenters. The van der Waals surface area contributed by atoms with Gasteiger partial charge in [-0.1, -0.05) is 36.4 Å². The second-order valence-corrected chi connectivity index (χ2v) is 4.90. The van der Waals surface area contributed by atoms with Crippen LogP contribution >= 0.6 is 0 Å². The molecular formula is C16H10N2O. The van der Waals surface area contributed by atoms with Gasteiger partial charge in [-0.3, -0.25) is 4.40 Å². The van der Waals surface area contributed by atoms with Crippen LogP contribution in [-0.2, 0) is 6.61 Å². The lowest BCUT2D eigenvalue weighted by Crippen LogP contribution is -2.08. The molecule has 0 fully saturated rings. The van der Waals surface area contributed by atoms with Crippen molar-refractivity contribution in [3.05, 3.63) is 54.4 Å². The molecule has 1 aliphatic heterocycles. The highest BCUT2D eigenvalue weighted by Gasteiger charge is 2.19. The van der Waals surface area contributed by atoms with E-state index in [2.05, 4.69) is 45.8 Å². The number of ether oxygens (including phenoxy) is 1. The molecule has 19 heavy (non-hydrogen) atoms. The number of imidazole rings is 1. The second-order valence-electron chi connectivity index (χ2n) is 4.90. The zero-order chi connectivity index (χ0) is 12.4. The molecule has 0 saturated carbocycles. The van der Waals surface area contributed by atoms with Gasteiger partial charge in [-0.05, 0) is 11.5 Å². The van der Waals surface area contributed by atoms with Crippen LogP contribution in [0.2, 0.25) is 0 Å². The van der Waals surface area contributed by atoms with E-state index in [9.17, 15) is 0 Å². The molecule has 0 unspecified atom stereocenters. The summed E-state index contributed by atoms with van der Waals surface area (Å²) in [5.74, 6) is 0.943. The number of pyridine rings is 1. The van der Waals surface area contributed by atoms with Crippen LogP contribution in [0.5, 0.6) is 5.75 Å². The fraction of sp³-hybridized carbons (Fsp3) is 0.0625. The first-order chi connectivity index (χ1) is 9.43. The Labute approximate surface area is 109 Å². The molecule has 1 aliphatic rings. The lowest BCUT2D eigenvalue weighted by atomic mass is 10.1. The van der Waals surface area contributed by atoms with Crippen LogP contribution in [0.25, 0.3) is 27.3 Å². The number of nitrogens with zero attached hydrogens (tertiary/aromatic N) is 2. The molecule has 90 valence electrons. The largest absolute Gasteiger partial charge is 0.485 e. The van der Waals surface area contributed by atoms with Crippen molar-refractivity contribution in [2.24, 2.45) is 0 Å². The van der Waals surface area contributed by atoms with E-state index in [0.29, 0.717) is 6.61 Å². The van der Waals surface area contributed by atoms with Gasteiger partial charge in [-0.15, -0.1) is 0 Å². The van der Waals surface area contributed by atoms with Gasteiger partial charge in [-0.2, -0.15) is 0 Å². The first-order valence-corrected chi connectivity index (χ1v) is 6.36. The van der Waals surface area contributed by atoms with E-state index in [1.807, 2.05) is 12.3 Å². The van der Waals surface area contributed by atoms with E-state index >= 15 is 0 Å². The second kappa shape index (κ2) is 3.06. The molecule has 0 bridgehead atoms. The van der Waals surface area contributed by atoms with E-state index in [0.717, 1.165) is 22.6 Å². The van der Waals surface area contributed by atoms with Crippen LogP contribution in [0.4, 0.5) is 0 Å². The van der Waals surface area contributed by atoms with Gasteiger partial charge >= 0.3 is 0 Å². The van der Waals surface area contributed by atoms with Gasteiger partial charge in [0.15, 0.2) is 0 Å². The minimum absolute atomic E-state index is 0.589. The third-order valence-corrected chi connectivity index (χ3v) is 3.89. The normalized spacial score (nSPS) is 13.5. The van der Waals surface area contributed by atoms with Crippen molar-refractivity contribution in [2.45, 2.75) is 6.61 Å². The van der Waals surface area contributed by atoms with Crippen LogP contribution in [0, 0.1) is 0 Å². The monoisotopic (exact) mass is 246 g/mol. The molecule has 3 heterocycles. The number of aromatic nitrogens is 2. The highest BCUT2D eigenvalue weighted by Crippen LogP contribution is 2.37. The molecule has 4 aromatic rings. The molecule has 0 saturated heterocycles. The SMILES string of the molecule is c1ccc2c(c1)c1cccc3c1n1c(cnc21)CO3. The fourth-order valence-electron chi connectivity index (χ4n) is 3.08. The van der Waals surface area contributed by atoms with Crippen molar-refractivity contribution in [2.75, 3.05) is 0 Å². The summed E-state index contributed by atoms with van der Waals surface area (Å²) < 4.78 is 8.06. The van der Waals surface area contributed by atoms with Gasteiger partial charge in [0.1, 0.15) is 18.0 Å². The Morgan fingerprint density at radius 1 is 0.947 bits per heavy atom. The number of rotatable bonds is 0. The number of hydrogen-bond acceptors (Lipinski definition) is 2. The van der Waals surface area contributed by atoms with Gasteiger partial charge in [0.05, 0.1) is 17.4 Å². The van der Waals surface area contributed by atoms with Crippen molar-refractivity contribution in [3.8, 4) is 5.75 Å². The molecule has 0 N–H and O–H groups in total. The maximum atomic E-state index is 5.83. The van der Waals surface area contributed by atoms with Crippen LogP contribution in [0.15, 0.2) is 48.7 Å². The van der Waals surface area contributed by atoms with Crippen LogP contribution in [0.1, 0.15) is 5.69 Å². The first kappa shape index (κ1) is 9.39. The third kappa shape index (κ3) is 1.02. The van der Waals surface area contributed by atoms with Crippen LogP contribution < -0.4 is 4.74 Å². The van der Waals surface area contributed by atoms with Crippen molar-refractivity contribution in [3.63, 3.8) is 0 Å². The number of para-hydroxylation sites is 1. The molecule has 2 aromatic carbocycles. The molecule has 0 amide bonds. The van der Waals surface area contributed by atoms with Crippen LogP contribution in [0.3, 0.4) is 0 Å². The van der Waals surface area contributed by atoms with E-state index in [-0.39, 0.29) is 0 Å². The standard InChI is InChI=1S/C16H10N2O/c1-2-5-13-11(4-1)12-6-3-7-14-15(12)18-10(9-19-14)8-17-16(13)18/h1-8H,9H2. The van der Waals surface area contributed by atoms with Crippen molar-refractivity contribution in [1.82, 2.24) is 9.38 Å². The Hall–Kier alpha value is -2.55. The Morgan fingerprint density at radius 2 is 1.79 bits per heavy atom. The molecule has 0 aliphatic carbocycles. The number of benzene rings is 2. The Kier molecular flexibility index (Phi) is 1.51. The highest BCUT2D eigenvalue weighted by atomic mass is 16.5. The van der Waals surface area contributed by atoms with Crippen LogP contribution in [-0.4, -0.2) is 9.38 Å². The van der Waals surface area contributed by atoms with Gasteiger partial charge in [0.2, 0.25) is 0 Å². The molecule has 5 rings (SSSR count). The maximum Gasteiger partial charge on any atom is 0.145 e.